The highest BCUT2D eigenvalue weighted by molar-refractivity contribution is 6.00. The first-order valence-electron chi connectivity index (χ1n) is 5.48. The van der Waals surface area contributed by atoms with Crippen molar-refractivity contribution in [3.8, 4) is 6.07 Å². The lowest BCUT2D eigenvalue weighted by atomic mass is 9.87. The molecular formula is C14H17NO. The van der Waals surface area contributed by atoms with Crippen LogP contribution in [0.4, 0.5) is 0 Å². The number of nitriles is 1. The standard InChI is InChI=1S/C14H17NO/c1-9(2)13(8-15)14(16)12-7-10(3)5-6-11(12)4/h5-7,9,13H,1-4H3. The molecular weight excluding hydrogens is 198 g/mol. The van der Waals surface area contributed by atoms with E-state index in [9.17, 15) is 4.79 Å². The van der Waals surface area contributed by atoms with E-state index in [0.717, 1.165) is 11.1 Å². The van der Waals surface area contributed by atoms with Gasteiger partial charge >= 0.3 is 0 Å². The molecule has 1 aromatic rings. The average molecular weight is 215 g/mol. The van der Waals surface area contributed by atoms with Crippen LogP contribution in [0.25, 0.3) is 0 Å². The highest BCUT2D eigenvalue weighted by Gasteiger charge is 2.24. The fourth-order valence-corrected chi connectivity index (χ4v) is 1.68. The van der Waals surface area contributed by atoms with Crippen LogP contribution in [0.1, 0.15) is 35.3 Å². The van der Waals surface area contributed by atoms with E-state index in [4.69, 9.17) is 5.26 Å². The summed E-state index contributed by atoms with van der Waals surface area (Å²) in [7, 11) is 0. The van der Waals surface area contributed by atoms with E-state index in [1.54, 1.807) is 0 Å². The fraction of sp³-hybridized carbons (Fsp3) is 0.429. The topological polar surface area (TPSA) is 40.9 Å². The second-order valence-electron chi connectivity index (χ2n) is 4.53. The van der Waals surface area contributed by atoms with Gasteiger partial charge in [0.15, 0.2) is 5.78 Å². The molecule has 2 nitrogen and oxygen atoms in total. The molecule has 0 N–H and O–H groups in total. The minimum Gasteiger partial charge on any atom is -0.293 e. The first-order valence-corrected chi connectivity index (χ1v) is 5.48. The number of hydrogen-bond acceptors (Lipinski definition) is 2. The first kappa shape index (κ1) is 12.4. The van der Waals surface area contributed by atoms with E-state index in [1.165, 1.54) is 0 Å². The van der Waals surface area contributed by atoms with Crippen LogP contribution in [0.15, 0.2) is 18.2 Å². The lowest BCUT2D eigenvalue weighted by Gasteiger charge is -2.13. The van der Waals surface area contributed by atoms with Gasteiger partial charge in [-0.1, -0.05) is 31.5 Å². The Bertz CT molecular complexity index is 441. The van der Waals surface area contributed by atoms with Crippen molar-refractivity contribution in [2.24, 2.45) is 11.8 Å². The molecule has 0 saturated heterocycles. The molecule has 1 aromatic carbocycles. The number of aryl methyl sites for hydroxylation is 2. The van der Waals surface area contributed by atoms with E-state index in [-0.39, 0.29) is 11.7 Å². The van der Waals surface area contributed by atoms with Gasteiger partial charge in [-0.05, 0) is 31.4 Å². The van der Waals surface area contributed by atoms with Crippen molar-refractivity contribution in [2.45, 2.75) is 27.7 Å². The Labute approximate surface area is 96.9 Å². The zero-order valence-corrected chi connectivity index (χ0v) is 10.2. The molecule has 1 atom stereocenters. The Morgan fingerprint density at radius 3 is 2.44 bits per heavy atom. The van der Waals surface area contributed by atoms with Gasteiger partial charge in [0.2, 0.25) is 0 Å². The molecule has 0 spiro atoms. The molecule has 0 bridgehead atoms. The van der Waals surface area contributed by atoms with Gasteiger partial charge in [-0.15, -0.1) is 0 Å². The van der Waals surface area contributed by atoms with Crippen LogP contribution in [-0.2, 0) is 0 Å². The SMILES string of the molecule is Cc1ccc(C)c(C(=O)C(C#N)C(C)C)c1. The normalized spacial score (nSPS) is 12.2. The van der Waals surface area contributed by atoms with Crippen LogP contribution >= 0.6 is 0 Å². The number of benzene rings is 1. The molecule has 0 aromatic heterocycles. The van der Waals surface area contributed by atoms with Crippen LogP contribution < -0.4 is 0 Å². The Morgan fingerprint density at radius 2 is 1.94 bits per heavy atom. The van der Waals surface area contributed by atoms with Gasteiger partial charge < -0.3 is 0 Å². The summed E-state index contributed by atoms with van der Waals surface area (Å²) in [5, 5.41) is 9.02. The summed E-state index contributed by atoms with van der Waals surface area (Å²) in [6.07, 6.45) is 0. The second-order valence-corrected chi connectivity index (χ2v) is 4.53. The Morgan fingerprint density at radius 1 is 1.31 bits per heavy atom. The van der Waals surface area contributed by atoms with Gasteiger partial charge in [0.05, 0.1) is 6.07 Å². The quantitative estimate of drug-likeness (QED) is 0.726. The molecule has 0 saturated carbocycles. The number of nitrogens with zero attached hydrogens (tertiary/aromatic N) is 1. The molecule has 0 radical (unpaired) electrons. The van der Waals surface area contributed by atoms with E-state index in [2.05, 4.69) is 6.07 Å². The molecule has 1 rings (SSSR count). The summed E-state index contributed by atoms with van der Waals surface area (Å²) >= 11 is 0. The predicted molar refractivity (Wildman–Crippen MR) is 64.2 cm³/mol. The van der Waals surface area contributed by atoms with Gasteiger partial charge in [0, 0.05) is 5.56 Å². The fourth-order valence-electron chi connectivity index (χ4n) is 1.68. The summed E-state index contributed by atoms with van der Waals surface area (Å²) < 4.78 is 0. The molecule has 0 amide bonds. The van der Waals surface area contributed by atoms with Crippen molar-refractivity contribution in [3.05, 3.63) is 34.9 Å². The first-order chi connectivity index (χ1) is 7.47. The van der Waals surface area contributed by atoms with E-state index in [1.807, 2.05) is 45.9 Å². The average Bonchev–Trinajstić information content (AvgIpc) is 2.22. The van der Waals surface area contributed by atoms with E-state index < -0.39 is 5.92 Å². The Hall–Kier alpha value is -1.62. The summed E-state index contributed by atoms with van der Waals surface area (Å²) in [5.41, 5.74) is 2.67. The molecule has 16 heavy (non-hydrogen) atoms. The Balaban J connectivity index is 3.14. The van der Waals surface area contributed by atoms with Gasteiger partial charge in [-0.3, -0.25) is 4.79 Å². The minimum atomic E-state index is -0.541. The van der Waals surface area contributed by atoms with E-state index in [0.29, 0.717) is 5.56 Å². The molecule has 2 heteroatoms. The molecule has 0 heterocycles. The molecule has 0 aliphatic rings. The van der Waals surface area contributed by atoms with Crippen molar-refractivity contribution in [1.29, 1.82) is 5.26 Å². The van der Waals surface area contributed by atoms with Crippen molar-refractivity contribution in [1.82, 2.24) is 0 Å². The Kier molecular flexibility index (Phi) is 3.84. The zero-order valence-electron chi connectivity index (χ0n) is 10.2. The van der Waals surface area contributed by atoms with Crippen LogP contribution in [-0.4, -0.2) is 5.78 Å². The third kappa shape index (κ3) is 2.49. The van der Waals surface area contributed by atoms with Crippen LogP contribution in [0.2, 0.25) is 0 Å². The van der Waals surface area contributed by atoms with Crippen LogP contribution in [0, 0.1) is 37.0 Å². The number of Topliss-reactive ketones (excluding diaryl/α,β-unsaturated/α-hetero) is 1. The lowest BCUT2D eigenvalue weighted by Crippen LogP contribution is -2.19. The summed E-state index contributed by atoms with van der Waals surface area (Å²) in [4.78, 5) is 12.2. The van der Waals surface area contributed by atoms with Gasteiger partial charge in [-0.2, -0.15) is 5.26 Å². The summed E-state index contributed by atoms with van der Waals surface area (Å²) in [6, 6.07) is 7.87. The maximum absolute atomic E-state index is 12.2. The van der Waals surface area contributed by atoms with Gasteiger partial charge in [-0.25, -0.2) is 0 Å². The van der Waals surface area contributed by atoms with E-state index >= 15 is 0 Å². The molecule has 84 valence electrons. The van der Waals surface area contributed by atoms with Crippen molar-refractivity contribution >= 4 is 5.78 Å². The van der Waals surface area contributed by atoms with Gasteiger partial charge in [0.25, 0.3) is 0 Å². The zero-order chi connectivity index (χ0) is 12.3. The maximum atomic E-state index is 12.2. The number of ketones is 1. The number of hydrogen-bond donors (Lipinski definition) is 0. The molecule has 0 aliphatic carbocycles. The minimum absolute atomic E-state index is 0.0532. The highest BCUT2D eigenvalue weighted by Crippen LogP contribution is 2.20. The number of carbonyl (C=O) groups is 1. The highest BCUT2D eigenvalue weighted by atomic mass is 16.1. The lowest BCUT2D eigenvalue weighted by molar-refractivity contribution is 0.0923. The molecule has 1 unspecified atom stereocenters. The van der Waals surface area contributed by atoms with Crippen molar-refractivity contribution < 1.29 is 4.79 Å². The number of carbonyl (C=O) groups excluding carboxylic acids is 1. The molecule has 0 aliphatic heterocycles. The van der Waals surface area contributed by atoms with Crippen LogP contribution in [0.3, 0.4) is 0 Å². The second kappa shape index (κ2) is 4.94. The summed E-state index contributed by atoms with van der Waals surface area (Å²) in [6.45, 7) is 7.66. The largest absolute Gasteiger partial charge is 0.293 e. The van der Waals surface area contributed by atoms with Crippen molar-refractivity contribution in [3.63, 3.8) is 0 Å². The monoisotopic (exact) mass is 215 g/mol. The van der Waals surface area contributed by atoms with Crippen LogP contribution in [0.5, 0.6) is 0 Å². The molecule has 0 fully saturated rings. The third-order valence-electron chi connectivity index (χ3n) is 2.75. The number of rotatable bonds is 3. The summed E-state index contributed by atoms with van der Waals surface area (Å²) in [5.74, 6) is -0.545. The van der Waals surface area contributed by atoms with Crippen molar-refractivity contribution in [2.75, 3.05) is 0 Å². The van der Waals surface area contributed by atoms with Gasteiger partial charge in [0.1, 0.15) is 5.92 Å². The predicted octanol–water partition coefficient (Wildman–Crippen LogP) is 3.28. The third-order valence-corrected chi connectivity index (χ3v) is 2.75. The smallest absolute Gasteiger partial charge is 0.180 e. The maximum Gasteiger partial charge on any atom is 0.180 e.